The molecular formula is C12H16O5. The van der Waals surface area contributed by atoms with Gasteiger partial charge in [-0.2, -0.15) is 0 Å². The van der Waals surface area contributed by atoms with E-state index in [0.717, 1.165) is 0 Å². The molecule has 5 nitrogen and oxygen atoms in total. The second-order valence-corrected chi connectivity index (χ2v) is 3.57. The summed E-state index contributed by atoms with van der Waals surface area (Å²) in [7, 11) is 2.74. The van der Waals surface area contributed by atoms with E-state index in [1.165, 1.54) is 20.3 Å². The first-order valence-electron chi connectivity index (χ1n) is 5.20. The van der Waals surface area contributed by atoms with E-state index in [4.69, 9.17) is 4.74 Å². The van der Waals surface area contributed by atoms with Gasteiger partial charge in [-0.15, -0.1) is 0 Å². The van der Waals surface area contributed by atoms with E-state index in [1.807, 2.05) is 0 Å². The van der Waals surface area contributed by atoms with E-state index in [2.05, 4.69) is 4.74 Å². The van der Waals surface area contributed by atoms with E-state index < -0.39 is 12.1 Å². The van der Waals surface area contributed by atoms with Gasteiger partial charge < -0.3 is 19.7 Å². The fourth-order valence-electron chi connectivity index (χ4n) is 1.44. The van der Waals surface area contributed by atoms with E-state index in [9.17, 15) is 15.0 Å². The monoisotopic (exact) mass is 240 g/mol. The maximum absolute atomic E-state index is 11.0. The molecule has 0 bridgehead atoms. The molecule has 0 radical (unpaired) electrons. The third-order valence-corrected chi connectivity index (χ3v) is 2.45. The number of aliphatic hydroxyl groups is 1. The van der Waals surface area contributed by atoms with Crippen LogP contribution < -0.4 is 4.74 Å². The highest BCUT2D eigenvalue weighted by atomic mass is 16.5. The van der Waals surface area contributed by atoms with Crippen LogP contribution in [-0.4, -0.2) is 36.5 Å². The van der Waals surface area contributed by atoms with Gasteiger partial charge in [0.05, 0.1) is 14.2 Å². The summed E-state index contributed by atoms with van der Waals surface area (Å²) in [6, 6.07) is 4.81. The largest absolute Gasteiger partial charge is 0.508 e. The van der Waals surface area contributed by atoms with E-state index in [0.29, 0.717) is 17.7 Å². The van der Waals surface area contributed by atoms with Crippen molar-refractivity contribution >= 4 is 5.97 Å². The number of rotatable bonds is 5. The van der Waals surface area contributed by atoms with Crippen molar-refractivity contribution in [1.82, 2.24) is 0 Å². The second kappa shape index (κ2) is 6.10. The minimum Gasteiger partial charge on any atom is -0.508 e. The van der Waals surface area contributed by atoms with Gasteiger partial charge in [-0.3, -0.25) is 0 Å². The van der Waals surface area contributed by atoms with E-state index in [1.54, 1.807) is 12.1 Å². The first-order valence-corrected chi connectivity index (χ1v) is 5.20. The Morgan fingerprint density at radius 2 is 2.12 bits per heavy atom. The van der Waals surface area contributed by atoms with Crippen LogP contribution in [0.5, 0.6) is 11.5 Å². The lowest BCUT2D eigenvalue weighted by molar-refractivity contribution is -0.150. The van der Waals surface area contributed by atoms with Crippen LogP contribution in [0, 0.1) is 0 Å². The van der Waals surface area contributed by atoms with Gasteiger partial charge in [-0.05, 0) is 36.6 Å². The predicted molar refractivity (Wildman–Crippen MR) is 61.0 cm³/mol. The Morgan fingerprint density at radius 1 is 1.41 bits per heavy atom. The molecule has 0 saturated carbocycles. The summed E-state index contributed by atoms with van der Waals surface area (Å²) in [6.45, 7) is 0. The van der Waals surface area contributed by atoms with Crippen molar-refractivity contribution in [2.45, 2.75) is 18.9 Å². The molecule has 0 amide bonds. The van der Waals surface area contributed by atoms with Crippen molar-refractivity contribution in [3.63, 3.8) is 0 Å². The maximum atomic E-state index is 11.0. The van der Waals surface area contributed by atoms with Gasteiger partial charge in [-0.1, -0.05) is 0 Å². The van der Waals surface area contributed by atoms with Crippen LogP contribution in [0.25, 0.3) is 0 Å². The zero-order chi connectivity index (χ0) is 12.8. The van der Waals surface area contributed by atoms with Crippen molar-refractivity contribution in [3.05, 3.63) is 23.8 Å². The molecule has 1 aromatic rings. The molecule has 1 unspecified atom stereocenters. The van der Waals surface area contributed by atoms with Gasteiger partial charge in [0.2, 0.25) is 0 Å². The maximum Gasteiger partial charge on any atom is 0.334 e. The van der Waals surface area contributed by atoms with Gasteiger partial charge in [0.25, 0.3) is 0 Å². The van der Waals surface area contributed by atoms with Crippen LogP contribution in [0.15, 0.2) is 18.2 Å². The zero-order valence-corrected chi connectivity index (χ0v) is 9.84. The molecule has 17 heavy (non-hydrogen) atoms. The minimum atomic E-state index is -1.18. The van der Waals surface area contributed by atoms with Gasteiger partial charge in [0.15, 0.2) is 6.10 Å². The summed E-state index contributed by atoms with van der Waals surface area (Å²) >= 11 is 0. The number of carbonyl (C=O) groups is 1. The van der Waals surface area contributed by atoms with Crippen LogP contribution in [0.3, 0.4) is 0 Å². The average Bonchev–Trinajstić information content (AvgIpc) is 2.36. The number of methoxy groups -OCH3 is 2. The molecule has 0 aliphatic heterocycles. The number of hydrogen-bond acceptors (Lipinski definition) is 5. The van der Waals surface area contributed by atoms with Crippen LogP contribution in [-0.2, 0) is 16.0 Å². The molecule has 0 heterocycles. The number of hydrogen-bond donors (Lipinski definition) is 2. The topological polar surface area (TPSA) is 76.0 Å². The average molecular weight is 240 g/mol. The molecule has 94 valence electrons. The summed E-state index contributed by atoms with van der Waals surface area (Å²) < 4.78 is 9.42. The Hall–Kier alpha value is -1.75. The Balaban J connectivity index is 2.65. The van der Waals surface area contributed by atoms with Crippen LogP contribution in [0.2, 0.25) is 0 Å². The number of aliphatic hydroxyl groups excluding tert-OH is 1. The number of ether oxygens (including phenoxy) is 2. The second-order valence-electron chi connectivity index (χ2n) is 3.57. The van der Waals surface area contributed by atoms with Crippen molar-refractivity contribution in [2.75, 3.05) is 14.2 Å². The molecule has 1 aromatic carbocycles. The summed E-state index contributed by atoms with van der Waals surface area (Å²) in [4.78, 5) is 11.0. The first-order chi connectivity index (χ1) is 8.08. The first kappa shape index (κ1) is 13.3. The normalized spacial score (nSPS) is 11.9. The third kappa shape index (κ3) is 3.64. The number of phenolic OH excluding ortho intramolecular Hbond substituents is 1. The number of esters is 1. The molecule has 5 heteroatoms. The Bertz CT molecular complexity index is 388. The van der Waals surface area contributed by atoms with Crippen molar-refractivity contribution in [3.8, 4) is 11.5 Å². The molecule has 0 aliphatic carbocycles. The van der Waals surface area contributed by atoms with Crippen LogP contribution >= 0.6 is 0 Å². The molecule has 0 fully saturated rings. The Morgan fingerprint density at radius 3 is 2.71 bits per heavy atom. The standard InChI is InChI=1S/C12H16O5/c1-16-9-4-6-10(13)8(7-9)3-5-11(14)12(15)17-2/h4,6-7,11,13-14H,3,5H2,1-2H3. The molecule has 0 aliphatic rings. The molecule has 0 saturated heterocycles. The van der Waals surface area contributed by atoms with Gasteiger partial charge in [0.1, 0.15) is 11.5 Å². The number of phenols is 1. The van der Waals surface area contributed by atoms with Crippen molar-refractivity contribution in [2.24, 2.45) is 0 Å². The lowest BCUT2D eigenvalue weighted by Gasteiger charge is -2.10. The number of carbonyl (C=O) groups excluding carboxylic acids is 1. The van der Waals surface area contributed by atoms with Gasteiger partial charge in [0, 0.05) is 0 Å². The number of aryl methyl sites for hydroxylation is 1. The minimum absolute atomic E-state index is 0.114. The van der Waals surface area contributed by atoms with Crippen LogP contribution in [0.1, 0.15) is 12.0 Å². The SMILES string of the molecule is COC(=O)C(O)CCc1cc(OC)ccc1O. The highest BCUT2D eigenvalue weighted by Crippen LogP contribution is 2.24. The highest BCUT2D eigenvalue weighted by molar-refractivity contribution is 5.74. The third-order valence-electron chi connectivity index (χ3n) is 2.45. The molecule has 2 N–H and O–H groups in total. The molecule has 0 aromatic heterocycles. The fraction of sp³-hybridized carbons (Fsp3) is 0.417. The van der Waals surface area contributed by atoms with E-state index >= 15 is 0 Å². The number of benzene rings is 1. The smallest absolute Gasteiger partial charge is 0.334 e. The molecule has 0 spiro atoms. The Kier molecular flexibility index (Phi) is 4.78. The quantitative estimate of drug-likeness (QED) is 0.747. The lowest BCUT2D eigenvalue weighted by atomic mass is 10.1. The Labute approximate surface area is 99.6 Å². The summed E-state index contributed by atoms with van der Waals surface area (Å²) in [5.41, 5.74) is 0.618. The number of aromatic hydroxyl groups is 1. The summed E-state index contributed by atoms with van der Waals surface area (Å²) in [5.74, 6) is 0.0561. The molecular weight excluding hydrogens is 224 g/mol. The van der Waals surface area contributed by atoms with Gasteiger partial charge in [-0.25, -0.2) is 4.79 Å². The fourth-order valence-corrected chi connectivity index (χ4v) is 1.44. The predicted octanol–water partition coefficient (Wildman–Crippen LogP) is 0.867. The molecule has 1 rings (SSSR count). The lowest BCUT2D eigenvalue weighted by Crippen LogP contribution is -2.22. The van der Waals surface area contributed by atoms with Crippen LogP contribution in [0.4, 0.5) is 0 Å². The highest BCUT2D eigenvalue weighted by Gasteiger charge is 2.16. The zero-order valence-electron chi connectivity index (χ0n) is 9.84. The molecule has 1 atom stereocenters. The van der Waals surface area contributed by atoms with E-state index in [-0.39, 0.29) is 12.2 Å². The summed E-state index contributed by atoms with van der Waals surface area (Å²) in [5, 5.41) is 19.0. The van der Waals surface area contributed by atoms with Gasteiger partial charge >= 0.3 is 5.97 Å². The van der Waals surface area contributed by atoms with Crippen molar-refractivity contribution in [1.29, 1.82) is 0 Å². The summed E-state index contributed by atoms with van der Waals surface area (Å²) in [6.07, 6.45) is -0.627. The van der Waals surface area contributed by atoms with Crippen molar-refractivity contribution < 1.29 is 24.5 Å².